The van der Waals surface area contributed by atoms with Gasteiger partial charge in [-0.2, -0.15) is 0 Å². The first-order valence-electron chi connectivity index (χ1n) is 9.69. The maximum Gasteiger partial charge on any atom is 0.335 e. The Balaban J connectivity index is 1.51. The minimum absolute atomic E-state index is 0.0175. The van der Waals surface area contributed by atoms with E-state index in [9.17, 15) is 19.5 Å². The summed E-state index contributed by atoms with van der Waals surface area (Å²) < 4.78 is 5.73. The van der Waals surface area contributed by atoms with E-state index in [0.29, 0.717) is 21.4 Å². The molecule has 1 aliphatic rings. The predicted octanol–water partition coefficient (Wildman–Crippen LogP) is 4.94. The maximum atomic E-state index is 12.9. The van der Waals surface area contributed by atoms with Crippen molar-refractivity contribution in [2.45, 2.75) is 6.61 Å². The fourth-order valence-electron chi connectivity index (χ4n) is 3.12. The number of nitrogens with zero attached hydrogens (tertiary/aromatic N) is 1. The van der Waals surface area contributed by atoms with Gasteiger partial charge in [0.1, 0.15) is 23.7 Å². The fraction of sp³-hybridized carbons (Fsp3) is 0.0417. The Bertz CT molecular complexity index is 1270. The van der Waals surface area contributed by atoms with Crippen molar-refractivity contribution in [3.63, 3.8) is 0 Å². The van der Waals surface area contributed by atoms with Gasteiger partial charge in [-0.1, -0.05) is 41.4 Å². The molecule has 7 nitrogen and oxygen atoms in total. The smallest absolute Gasteiger partial charge is 0.335 e. The van der Waals surface area contributed by atoms with Gasteiger partial charge in [-0.3, -0.25) is 14.9 Å². The second-order valence-corrected chi connectivity index (χ2v) is 7.91. The number of nitrogens with one attached hydrogen (secondary N) is 1. The number of phenols is 1. The van der Waals surface area contributed by atoms with Gasteiger partial charge >= 0.3 is 6.03 Å². The highest BCUT2D eigenvalue weighted by molar-refractivity contribution is 6.39. The molecule has 0 saturated carbocycles. The Morgan fingerprint density at radius 1 is 0.939 bits per heavy atom. The van der Waals surface area contributed by atoms with E-state index < -0.39 is 17.8 Å². The molecule has 2 N–H and O–H groups in total. The number of aromatic hydroxyl groups is 1. The largest absolute Gasteiger partial charge is 0.508 e. The zero-order valence-electron chi connectivity index (χ0n) is 16.9. The summed E-state index contributed by atoms with van der Waals surface area (Å²) in [6.45, 7) is 0.237. The maximum absolute atomic E-state index is 12.9. The van der Waals surface area contributed by atoms with E-state index in [1.54, 1.807) is 42.5 Å². The molecule has 1 heterocycles. The van der Waals surface area contributed by atoms with Gasteiger partial charge in [0.25, 0.3) is 11.8 Å². The Morgan fingerprint density at radius 3 is 2.30 bits per heavy atom. The van der Waals surface area contributed by atoms with E-state index in [2.05, 4.69) is 5.32 Å². The van der Waals surface area contributed by atoms with Crippen LogP contribution in [-0.2, 0) is 16.2 Å². The van der Waals surface area contributed by atoms with Gasteiger partial charge in [-0.15, -0.1) is 0 Å². The number of amides is 4. The van der Waals surface area contributed by atoms with Crippen LogP contribution in [0.4, 0.5) is 10.5 Å². The third-order valence-corrected chi connectivity index (χ3v) is 5.40. The van der Waals surface area contributed by atoms with E-state index in [1.807, 2.05) is 0 Å². The fourth-order valence-corrected chi connectivity index (χ4v) is 3.58. The van der Waals surface area contributed by atoms with Crippen LogP contribution in [0.1, 0.15) is 11.1 Å². The van der Waals surface area contributed by atoms with E-state index in [4.69, 9.17) is 27.9 Å². The lowest BCUT2D eigenvalue weighted by Crippen LogP contribution is -2.54. The predicted molar refractivity (Wildman–Crippen MR) is 124 cm³/mol. The molecule has 1 aliphatic heterocycles. The number of benzene rings is 3. The first kappa shape index (κ1) is 22.4. The first-order valence-corrected chi connectivity index (χ1v) is 10.4. The number of anilines is 1. The van der Waals surface area contributed by atoms with E-state index >= 15 is 0 Å². The SMILES string of the molecule is O=C1NC(=O)N(c2ccc(O)cc2)C(=O)/C1=C/c1ccc(OCc2ccc(Cl)cc2Cl)cc1. The van der Waals surface area contributed by atoms with Gasteiger partial charge in [0, 0.05) is 15.6 Å². The number of hydrogen-bond donors (Lipinski definition) is 2. The Morgan fingerprint density at radius 2 is 1.64 bits per heavy atom. The third-order valence-electron chi connectivity index (χ3n) is 4.81. The number of ether oxygens (including phenoxy) is 1. The van der Waals surface area contributed by atoms with Gasteiger partial charge in [-0.05, 0) is 60.2 Å². The number of urea groups is 1. The molecule has 9 heteroatoms. The highest BCUT2D eigenvalue weighted by atomic mass is 35.5. The van der Waals surface area contributed by atoms with E-state index in [1.165, 1.54) is 30.3 Å². The molecule has 4 amide bonds. The van der Waals surface area contributed by atoms with Crippen molar-refractivity contribution in [1.29, 1.82) is 0 Å². The van der Waals surface area contributed by atoms with Crippen molar-refractivity contribution in [2.24, 2.45) is 0 Å². The number of barbiturate groups is 1. The second-order valence-electron chi connectivity index (χ2n) is 7.07. The molecule has 3 aromatic rings. The molecule has 1 saturated heterocycles. The summed E-state index contributed by atoms with van der Waals surface area (Å²) in [6, 6.07) is 16.5. The summed E-state index contributed by atoms with van der Waals surface area (Å²) >= 11 is 12.0. The zero-order valence-corrected chi connectivity index (χ0v) is 18.4. The van der Waals surface area contributed by atoms with Crippen LogP contribution in [0.2, 0.25) is 10.0 Å². The van der Waals surface area contributed by atoms with Crippen molar-refractivity contribution in [2.75, 3.05) is 4.90 Å². The van der Waals surface area contributed by atoms with E-state index in [0.717, 1.165) is 10.5 Å². The highest BCUT2D eigenvalue weighted by Crippen LogP contribution is 2.25. The second kappa shape index (κ2) is 9.36. The van der Waals surface area contributed by atoms with Crippen molar-refractivity contribution in [3.8, 4) is 11.5 Å². The van der Waals surface area contributed by atoms with Gasteiger partial charge < -0.3 is 9.84 Å². The molecule has 33 heavy (non-hydrogen) atoms. The van der Waals surface area contributed by atoms with Gasteiger partial charge in [0.05, 0.1) is 5.69 Å². The average molecular weight is 483 g/mol. The Hall–Kier alpha value is -3.81. The molecule has 3 aromatic carbocycles. The number of hydrogen-bond acceptors (Lipinski definition) is 5. The number of phenolic OH excluding ortho intramolecular Hbond substituents is 1. The van der Waals surface area contributed by atoms with Crippen molar-refractivity contribution >= 4 is 52.8 Å². The molecule has 0 spiro atoms. The van der Waals surface area contributed by atoms with Crippen LogP contribution < -0.4 is 15.0 Å². The molecule has 0 atom stereocenters. The van der Waals surface area contributed by atoms with Crippen LogP contribution in [0, 0.1) is 0 Å². The molecular formula is C24H16Cl2N2O5. The van der Waals surface area contributed by atoms with Crippen LogP contribution >= 0.6 is 23.2 Å². The summed E-state index contributed by atoms with van der Waals surface area (Å²) in [5.41, 5.74) is 1.35. The lowest BCUT2D eigenvalue weighted by atomic mass is 10.1. The number of halogens is 2. The summed E-state index contributed by atoms with van der Waals surface area (Å²) in [5, 5.41) is 12.6. The number of rotatable bonds is 5. The molecular weight excluding hydrogens is 467 g/mol. The Kier molecular flexibility index (Phi) is 6.35. The summed E-state index contributed by atoms with van der Waals surface area (Å²) in [7, 11) is 0. The minimum atomic E-state index is -0.863. The average Bonchev–Trinajstić information content (AvgIpc) is 2.78. The normalized spacial score (nSPS) is 15.0. The summed E-state index contributed by atoms with van der Waals surface area (Å²) in [4.78, 5) is 38.2. The molecule has 0 unspecified atom stereocenters. The van der Waals surface area contributed by atoms with Gasteiger partial charge in [-0.25, -0.2) is 9.69 Å². The zero-order chi connectivity index (χ0) is 23.5. The Labute approximate surface area is 198 Å². The van der Waals surface area contributed by atoms with Crippen LogP contribution in [0.15, 0.2) is 72.3 Å². The highest BCUT2D eigenvalue weighted by Gasteiger charge is 2.36. The van der Waals surface area contributed by atoms with E-state index in [-0.39, 0.29) is 23.6 Å². The van der Waals surface area contributed by atoms with Gasteiger partial charge in [0.15, 0.2) is 0 Å². The third kappa shape index (κ3) is 5.00. The molecule has 0 aromatic heterocycles. The van der Waals surface area contributed by atoms with Crippen LogP contribution in [0.3, 0.4) is 0 Å². The van der Waals surface area contributed by atoms with Crippen molar-refractivity contribution < 1.29 is 24.2 Å². The van der Waals surface area contributed by atoms with Crippen LogP contribution in [-0.4, -0.2) is 23.0 Å². The molecule has 0 radical (unpaired) electrons. The number of imide groups is 2. The minimum Gasteiger partial charge on any atom is -0.508 e. The molecule has 4 rings (SSSR count). The number of carbonyl (C=O) groups excluding carboxylic acids is 3. The molecule has 0 aliphatic carbocycles. The monoisotopic (exact) mass is 482 g/mol. The molecule has 0 bridgehead atoms. The lowest BCUT2D eigenvalue weighted by molar-refractivity contribution is -0.122. The first-order chi connectivity index (χ1) is 15.8. The van der Waals surface area contributed by atoms with Crippen LogP contribution in [0.5, 0.6) is 11.5 Å². The quantitative estimate of drug-likeness (QED) is 0.396. The van der Waals surface area contributed by atoms with Crippen LogP contribution in [0.25, 0.3) is 6.08 Å². The molecule has 1 fully saturated rings. The van der Waals surface area contributed by atoms with Crippen molar-refractivity contribution in [3.05, 3.63) is 93.5 Å². The lowest BCUT2D eigenvalue weighted by Gasteiger charge is -2.26. The summed E-state index contributed by atoms with van der Waals surface area (Å²) in [6.07, 6.45) is 1.39. The van der Waals surface area contributed by atoms with Crippen molar-refractivity contribution in [1.82, 2.24) is 5.32 Å². The number of carbonyl (C=O) groups is 3. The van der Waals surface area contributed by atoms with Gasteiger partial charge in [0.2, 0.25) is 0 Å². The molecule has 166 valence electrons. The summed E-state index contributed by atoms with van der Waals surface area (Å²) in [5.74, 6) is -1.02. The standard InChI is InChI=1S/C24H16Cl2N2O5/c25-16-4-3-15(21(26)12-16)13-33-19-9-1-14(2-10-19)11-20-22(30)27-24(32)28(23(20)31)17-5-7-18(29)8-6-17/h1-12,29H,13H2,(H,27,30,32)/b20-11+. The topological polar surface area (TPSA) is 95.9 Å².